The number of hydrogen-bond acceptors (Lipinski definition) is 5. The molecule has 1 N–H and O–H groups in total. The SMILES string of the molecule is CCOc1ncc(C(=O)Nc2ccn(C3CCN(C)CC3)n2)cc1Cl. The van der Waals surface area contributed by atoms with E-state index in [2.05, 4.69) is 27.3 Å². The lowest BCUT2D eigenvalue weighted by Gasteiger charge is -2.28. The van der Waals surface area contributed by atoms with Crippen LogP contribution in [0.1, 0.15) is 36.2 Å². The molecule has 2 aromatic rings. The Morgan fingerprint density at radius 3 is 2.88 bits per heavy atom. The first kappa shape index (κ1) is 17.7. The van der Waals surface area contributed by atoms with Crippen LogP contribution in [0.25, 0.3) is 0 Å². The molecule has 3 heterocycles. The van der Waals surface area contributed by atoms with Crippen LogP contribution in [0.15, 0.2) is 24.5 Å². The van der Waals surface area contributed by atoms with E-state index in [-0.39, 0.29) is 5.91 Å². The molecule has 8 heteroatoms. The number of carbonyl (C=O) groups excluding carboxylic acids is 1. The molecule has 134 valence electrons. The lowest BCUT2D eigenvalue weighted by atomic mass is 10.1. The van der Waals surface area contributed by atoms with Crippen molar-refractivity contribution in [2.75, 3.05) is 32.1 Å². The van der Waals surface area contributed by atoms with Gasteiger partial charge in [0.1, 0.15) is 5.02 Å². The summed E-state index contributed by atoms with van der Waals surface area (Å²) in [5.41, 5.74) is 0.363. The third-order valence-corrected chi connectivity index (χ3v) is 4.53. The Hall–Kier alpha value is -2.12. The number of halogens is 1. The Balaban J connectivity index is 1.64. The molecule has 0 unspecified atom stereocenters. The fraction of sp³-hybridized carbons (Fsp3) is 0.471. The number of piperidine rings is 1. The molecule has 1 saturated heterocycles. The van der Waals surface area contributed by atoms with Crippen LogP contribution < -0.4 is 10.1 Å². The molecule has 0 spiro atoms. The fourth-order valence-electron chi connectivity index (χ4n) is 2.85. The summed E-state index contributed by atoms with van der Waals surface area (Å²) in [5, 5.41) is 7.58. The maximum absolute atomic E-state index is 12.4. The molecule has 2 aromatic heterocycles. The largest absolute Gasteiger partial charge is 0.477 e. The highest BCUT2D eigenvalue weighted by Crippen LogP contribution is 2.24. The maximum atomic E-state index is 12.4. The molecule has 25 heavy (non-hydrogen) atoms. The highest BCUT2D eigenvalue weighted by molar-refractivity contribution is 6.32. The Morgan fingerprint density at radius 1 is 1.44 bits per heavy atom. The quantitative estimate of drug-likeness (QED) is 0.884. The van der Waals surface area contributed by atoms with Gasteiger partial charge < -0.3 is 15.0 Å². The predicted molar refractivity (Wildman–Crippen MR) is 96.4 cm³/mol. The number of carbonyl (C=O) groups is 1. The number of nitrogens with zero attached hydrogens (tertiary/aromatic N) is 4. The minimum Gasteiger partial charge on any atom is -0.477 e. The number of nitrogens with one attached hydrogen (secondary N) is 1. The van der Waals surface area contributed by atoms with E-state index in [1.807, 2.05) is 17.8 Å². The molecule has 0 radical (unpaired) electrons. The van der Waals surface area contributed by atoms with Crippen molar-refractivity contribution >= 4 is 23.3 Å². The Labute approximate surface area is 151 Å². The van der Waals surface area contributed by atoms with Crippen LogP contribution >= 0.6 is 11.6 Å². The van der Waals surface area contributed by atoms with Gasteiger partial charge in [0, 0.05) is 18.5 Å². The summed E-state index contributed by atoms with van der Waals surface area (Å²) < 4.78 is 7.21. The lowest BCUT2D eigenvalue weighted by molar-refractivity contribution is 0.102. The van der Waals surface area contributed by atoms with E-state index in [1.54, 1.807) is 12.1 Å². The van der Waals surface area contributed by atoms with Crippen LogP contribution in [0.2, 0.25) is 5.02 Å². The predicted octanol–water partition coefficient (Wildman–Crippen LogP) is 2.85. The standard InChI is InChI=1S/C17H22ClN5O2/c1-3-25-17-14(18)10-12(11-19-17)16(24)20-15-6-9-23(21-15)13-4-7-22(2)8-5-13/h6,9-11,13H,3-5,7-8H2,1-2H3,(H,20,21,24). The molecule has 0 atom stereocenters. The van der Waals surface area contributed by atoms with Crippen molar-refractivity contribution < 1.29 is 9.53 Å². The number of anilines is 1. The second-order valence-corrected chi connectivity index (χ2v) is 6.52. The van der Waals surface area contributed by atoms with Crippen molar-refractivity contribution in [3.8, 4) is 5.88 Å². The van der Waals surface area contributed by atoms with Crippen molar-refractivity contribution in [1.29, 1.82) is 0 Å². The Bertz CT molecular complexity index is 740. The first-order valence-corrected chi connectivity index (χ1v) is 8.78. The van der Waals surface area contributed by atoms with Gasteiger partial charge in [-0.15, -0.1) is 0 Å². The second kappa shape index (κ2) is 7.84. The number of rotatable bonds is 5. The van der Waals surface area contributed by atoms with Crippen LogP contribution in [0.5, 0.6) is 5.88 Å². The normalized spacial score (nSPS) is 16.0. The van der Waals surface area contributed by atoms with Gasteiger partial charge in [0.2, 0.25) is 5.88 Å². The van der Waals surface area contributed by atoms with Crippen molar-refractivity contribution in [2.24, 2.45) is 0 Å². The van der Waals surface area contributed by atoms with Crippen molar-refractivity contribution in [1.82, 2.24) is 19.7 Å². The van der Waals surface area contributed by atoms with Gasteiger partial charge in [0.15, 0.2) is 5.82 Å². The summed E-state index contributed by atoms with van der Waals surface area (Å²) in [6.45, 7) is 4.43. The number of hydrogen-bond donors (Lipinski definition) is 1. The highest BCUT2D eigenvalue weighted by Gasteiger charge is 2.19. The van der Waals surface area contributed by atoms with E-state index >= 15 is 0 Å². The fourth-order valence-corrected chi connectivity index (χ4v) is 3.07. The van der Waals surface area contributed by atoms with Crippen molar-refractivity contribution in [3.05, 3.63) is 35.1 Å². The van der Waals surface area contributed by atoms with E-state index in [9.17, 15) is 4.79 Å². The van der Waals surface area contributed by atoms with Crippen LogP contribution in [0.3, 0.4) is 0 Å². The smallest absolute Gasteiger partial charge is 0.258 e. The second-order valence-electron chi connectivity index (χ2n) is 6.11. The van der Waals surface area contributed by atoms with E-state index in [0.717, 1.165) is 25.9 Å². The van der Waals surface area contributed by atoms with Crippen molar-refractivity contribution in [3.63, 3.8) is 0 Å². The number of aromatic nitrogens is 3. The van der Waals surface area contributed by atoms with Gasteiger partial charge in [-0.25, -0.2) is 4.98 Å². The highest BCUT2D eigenvalue weighted by atomic mass is 35.5. The van der Waals surface area contributed by atoms with Crippen LogP contribution in [-0.2, 0) is 0 Å². The molecule has 7 nitrogen and oxygen atoms in total. The molecule has 1 aliphatic heterocycles. The van der Waals surface area contributed by atoms with E-state index in [4.69, 9.17) is 16.3 Å². The number of amides is 1. The molecule has 1 fully saturated rings. The monoisotopic (exact) mass is 363 g/mol. The zero-order valence-electron chi connectivity index (χ0n) is 14.4. The summed E-state index contributed by atoms with van der Waals surface area (Å²) in [4.78, 5) is 18.7. The van der Waals surface area contributed by atoms with E-state index < -0.39 is 0 Å². The van der Waals surface area contributed by atoms with Crippen LogP contribution in [0.4, 0.5) is 5.82 Å². The molecule has 0 bridgehead atoms. The lowest BCUT2D eigenvalue weighted by Crippen LogP contribution is -2.31. The van der Waals surface area contributed by atoms with Gasteiger partial charge in [0.05, 0.1) is 18.2 Å². The average molecular weight is 364 g/mol. The topological polar surface area (TPSA) is 72.3 Å². The molecule has 0 saturated carbocycles. The van der Waals surface area contributed by atoms with Gasteiger partial charge in [-0.2, -0.15) is 5.10 Å². The number of ether oxygens (including phenoxy) is 1. The maximum Gasteiger partial charge on any atom is 0.258 e. The number of likely N-dealkylation sites (tertiary alicyclic amines) is 1. The first-order chi connectivity index (χ1) is 12.1. The Kier molecular flexibility index (Phi) is 5.55. The minimum atomic E-state index is -0.300. The molecule has 1 aliphatic rings. The zero-order chi connectivity index (χ0) is 17.8. The first-order valence-electron chi connectivity index (χ1n) is 8.40. The minimum absolute atomic E-state index is 0.300. The van der Waals surface area contributed by atoms with Gasteiger partial charge >= 0.3 is 0 Å². The molecule has 0 aromatic carbocycles. The average Bonchev–Trinajstić information content (AvgIpc) is 3.06. The van der Waals surface area contributed by atoms with Gasteiger partial charge in [0.25, 0.3) is 5.91 Å². The Morgan fingerprint density at radius 2 is 2.20 bits per heavy atom. The number of pyridine rings is 1. The van der Waals surface area contributed by atoms with E-state index in [1.165, 1.54) is 6.20 Å². The summed E-state index contributed by atoms with van der Waals surface area (Å²) in [5.74, 6) is 0.548. The summed E-state index contributed by atoms with van der Waals surface area (Å²) in [6, 6.07) is 3.73. The van der Waals surface area contributed by atoms with Gasteiger partial charge in [-0.05, 0) is 46.0 Å². The summed E-state index contributed by atoms with van der Waals surface area (Å²) in [6.07, 6.45) is 5.48. The van der Waals surface area contributed by atoms with Gasteiger partial charge in [-0.1, -0.05) is 11.6 Å². The third-order valence-electron chi connectivity index (χ3n) is 4.26. The van der Waals surface area contributed by atoms with Crippen LogP contribution in [-0.4, -0.2) is 52.3 Å². The molecule has 0 aliphatic carbocycles. The summed E-state index contributed by atoms with van der Waals surface area (Å²) in [7, 11) is 2.13. The van der Waals surface area contributed by atoms with Crippen molar-refractivity contribution in [2.45, 2.75) is 25.8 Å². The molecular weight excluding hydrogens is 342 g/mol. The molecular formula is C17H22ClN5O2. The zero-order valence-corrected chi connectivity index (χ0v) is 15.2. The third kappa shape index (κ3) is 4.29. The summed E-state index contributed by atoms with van der Waals surface area (Å²) >= 11 is 6.08. The van der Waals surface area contributed by atoms with E-state index in [0.29, 0.717) is 34.9 Å². The van der Waals surface area contributed by atoms with Gasteiger partial charge in [-0.3, -0.25) is 9.48 Å². The molecule has 1 amide bonds. The molecule has 3 rings (SSSR count). The van der Waals surface area contributed by atoms with Crippen LogP contribution in [0, 0.1) is 0 Å².